The second-order valence-corrected chi connectivity index (χ2v) is 8.90. The van der Waals surface area contributed by atoms with Crippen LogP contribution in [0.15, 0.2) is 53.4 Å². The van der Waals surface area contributed by atoms with Crippen LogP contribution in [0.25, 0.3) is 0 Å². The molecule has 0 aromatic heterocycles. The minimum absolute atomic E-state index is 0.0587. The summed E-state index contributed by atoms with van der Waals surface area (Å²) >= 11 is 5.90. The molecule has 1 amide bonds. The van der Waals surface area contributed by atoms with Gasteiger partial charge < -0.3 is 5.32 Å². The van der Waals surface area contributed by atoms with Crippen LogP contribution in [0.2, 0.25) is 5.02 Å². The second-order valence-electron chi connectivity index (χ2n) is 6.58. The molecule has 1 aliphatic heterocycles. The van der Waals surface area contributed by atoms with Crippen LogP contribution in [0.4, 0.5) is 0 Å². The monoisotopic (exact) mass is 417 g/mol. The molecule has 0 bridgehead atoms. The third kappa shape index (κ3) is 4.36. The van der Waals surface area contributed by atoms with E-state index in [1.165, 1.54) is 28.6 Å². The summed E-state index contributed by atoms with van der Waals surface area (Å²) in [4.78, 5) is 12.7. The molecular weight excluding hydrogens is 398 g/mol. The molecule has 0 saturated carbocycles. The Kier molecular flexibility index (Phi) is 6.35. The smallest absolute Gasteiger partial charge is 0.244 e. The fourth-order valence-electron chi connectivity index (χ4n) is 3.24. The van der Waals surface area contributed by atoms with Gasteiger partial charge in [0.05, 0.1) is 16.5 Å². The molecule has 8 heteroatoms. The number of carbonyl (C=O) groups is 1. The Balaban J connectivity index is 2.07. The Bertz CT molecular complexity index is 1000. The van der Waals surface area contributed by atoms with Crippen LogP contribution in [0.5, 0.6) is 0 Å². The Morgan fingerprint density at radius 2 is 1.86 bits per heavy atom. The maximum Gasteiger partial charge on any atom is 0.244 e. The lowest BCUT2D eigenvalue weighted by Crippen LogP contribution is -2.48. The topological polar surface area (TPSA) is 90.3 Å². The Morgan fingerprint density at radius 1 is 1.14 bits per heavy atom. The quantitative estimate of drug-likeness (QED) is 0.809. The van der Waals surface area contributed by atoms with Crippen molar-refractivity contribution in [3.63, 3.8) is 0 Å². The third-order valence-electron chi connectivity index (χ3n) is 4.74. The number of carbonyl (C=O) groups excluding carboxylic acids is 1. The second kappa shape index (κ2) is 8.74. The predicted octanol–water partition coefficient (Wildman–Crippen LogP) is 3.07. The molecule has 3 rings (SSSR count). The molecule has 0 spiro atoms. The van der Waals surface area contributed by atoms with E-state index in [9.17, 15) is 18.5 Å². The van der Waals surface area contributed by atoms with Crippen molar-refractivity contribution in [3.8, 4) is 6.07 Å². The molecule has 1 N–H and O–H groups in total. The van der Waals surface area contributed by atoms with Crippen LogP contribution in [0.3, 0.4) is 0 Å². The lowest BCUT2D eigenvalue weighted by molar-refractivity contribution is -0.124. The van der Waals surface area contributed by atoms with E-state index in [0.717, 1.165) is 12.8 Å². The number of nitrogens with one attached hydrogen (secondary N) is 1. The van der Waals surface area contributed by atoms with Gasteiger partial charge in [0.25, 0.3) is 0 Å². The van der Waals surface area contributed by atoms with Crippen LogP contribution >= 0.6 is 11.6 Å². The summed E-state index contributed by atoms with van der Waals surface area (Å²) in [5, 5.41) is 12.6. The van der Waals surface area contributed by atoms with Crippen LogP contribution in [0.1, 0.15) is 30.4 Å². The lowest BCUT2D eigenvalue weighted by Gasteiger charge is -2.29. The zero-order valence-corrected chi connectivity index (χ0v) is 16.7. The van der Waals surface area contributed by atoms with Gasteiger partial charge in [-0.1, -0.05) is 29.8 Å². The molecule has 2 aromatic rings. The molecule has 1 fully saturated rings. The molecule has 1 atom stereocenters. The summed E-state index contributed by atoms with van der Waals surface area (Å²) in [5.41, 5.74) is 0.937. The zero-order chi connectivity index (χ0) is 20.1. The van der Waals surface area contributed by atoms with E-state index in [1.54, 1.807) is 24.3 Å². The summed E-state index contributed by atoms with van der Waals surface area (Å²) in [6, 6.07) is 13.9. The number of amides is 1. The number of hydrogen-bond donors (Lipinski definition) is 1. The maximum absolute atomic E-state index is 13.4. The normalized spacial score (nSPS) is 17.6. The van der Waals surface area contributed by atoms with Gasteiger partial charge in [0.15, 0.2) is 0 Å². The molecule has 146 valence electrons. The summed E-state index contributed by atoms with van der Waals surface area (Å²) in [5.74, 6) is -0.315. The highest BCUT2D eigenvalue weighted by Gasteiger charge is 2.36. The van der Waals surface area contributed by atoms with E-state index >= 15 is 0 Å². The van der Waals surface area contributed by atoms with Crippen molar-refractivity contribution in [1.29, 1.82) is 5.26 Å². The van der Waals surface area contributed by atoms with Gasteiger partial charge in [0.2, 0.25) is 15.9 Å². The van der Waals surface area contributed by atoms with Crippen molar-refractivity contribution in [2.75, 3.05) is 6.54 Å². The van der Waals surface area contributed by atoms with Crippen molar-refractivity contribution >= 4 is 27.5 Å². The fourth-order valence-corrected chi connectivity index (χ4v) is 4.96. The third-order valence-corrected chi connectivity index (χ3v) is 6.86. The summed E-state index contributed by atoms with van der Waals surface area (Å²) in [6.45, 7) is 0.464. The van der Waals surface area contributed by atoms with Gasteiger partial charge in [-0.3, -0.25) is 4.79 Å². The van der Waals surface area contributed by atoms with E-state index in [-0.39, 0.29) is 17.3 Å². The molecule has 28 heavy (non-hydrogen) atoms. The van der Waals surface area contributed by atoms with Gasteiger partial charge in [0, 0.05) is 18.1 Å². The number of nitrogens with zero attached hydrogens (tertiary/aromatic N) is 2. The van der Waals surface area contributed by atoms with E-state index in [4.69, 9.17) is 11.6 Å². The number of sulfonamides is 1. The summed E-state index contributed by atoms with van der Waals surface area (Å²) in [7, 11) is -3.99. The minimum Gasteiger partial charge on any atom is -0.355 e. The zero-order valence-electron chi connectivity index (χ0n) is 15.1. The van der Waals surface area contributed by atoms with Crippen molar-refractivity contribution in [2.45, 2.75) is 36.7 Å². The van der Waals surface area contributed by atoms with Gasteiger partial charge in [-0.05, 0) is 55.2 Å². The molecule has 0 aliphatic carbocycles. The lowest BCUT2D eigenvalue weighted by atomic mass is 10.1. The highest BCUT2D eigenvalue weighted by molar-refractivity contribution is 7.89. The van der Waals surface area contributed by atoms with Gasteiger partial charge in [0.1, 0.15) is 6.04 Å². The summed E-state index contributed by atoms with van der Waals surface area (Å²) < 4.78 is 28.1. The van der Waals surface area contributed by atoms with E-state index in [1.807, 2.05) is 0 Å². The number of benzene rings is 2. The Morgan fingerprint density at radius 3 is 2.57 bits per heavy atom. The van der Waals surface area contributed by atoms with Crippen LogP contribution in [-0.2, 0) is 21.4 Å². The van der Waals surface area contributed by atoms with Crippen molar-refractivity contribution < 1.29 is 13.2 Å². The largest absolute Gasteiger partial charge is 0.355 e. The van der Waals surface area contributed by atoms with E-state index in [0.29, 0.717) is 29.1 Å². The number of hydrogen-bond acceptors (Lipinski definition) is 4. The first kappa shape index (κ1) is 20.3. The van der Waals surface area contributed by atoms with E-state index < -0.39 is 16.1 Å². The highest BCUT2D eigenvalue weighted by atomic mass is 35.5. The molecule has 1 saturated heterocycles. The van der Waals surface area contributed by atoms with Gasteiger partial charge in [-0.2, -0.15) is 9.57 Å². The van der Waals surface area contributed by atoms with Crippen LogP contribution < -0.4 is 5.32 Å². The first-order valence-corrected chi connectivity index (χ1v) is 10.8. The molecule has 6 nitrogen and oxygen atoms in total. The molecular formula is C20H20ClN3O3S. The molecule has 0 radical (unpaired) electrons. The van der Waals surface area contributed by atoms with Crippen LogP contribution in [0, 0.1) is 11.3 Å². The number of halogens is 1. The first-order chi connectivity index (χ1) is 13.4. The number of rotatable bonds is 5. The molecule has 1 aliphatic rings. The number of nitriles is 1. The van der Waals surface area contributed by atoms with E-state index in [2.05, 4.69) is 11.4 Å². The van der Waals surface area contributed by atoms with Crippen molar-refractivity contribution in [3.05, 3.63) is 64.7 Å². The first-order valence-electron chi connectivity index (χ1n) is 8.96. The van der Waals surface area contributed by atoms with Gasteiger partial charge in [-0.25, -0.2) is 8.42 Å². The molecule has 0 unspecified atom stereocenters. The van der Waals surface area contributed by atoms with Gasteiger partial charge in [-0.15, -0.1) is 0 Å². The molecule has 1 heterocycles. The predicted molar refractivity (Wildman–Crippen MR) is 106 cm³/mol. The SMILES string of the molecule is N#Cc1ccccc1CN([C@@H]1CCCCNC1=O)S(=O)(=O)c1ccc(Cl)cc1. The highest BCUT2D eigenvalue weighted by Crippen LogP contribution is 2.26. The summed E-state index contributed by atoms with van der Waals surface area (Å²) in [6.07, 6.45) is 1.95. The maximum atomic E-state index is 13.4. The van der Waals surface area contributed by atoms with Gasteiger partial charge >= 0.3 is 0 Å². The minimum atomic E-state index is -3.99. The molecule has 2 aromatic carbocycles. The van der Waals surface area contributed by atoms with Crippen molar-refractivity contribution in [1.82, 2.24) is 9.62 Å². The average Bonchev–Trinajstić information content (AvgIpc) is 2.91. The average molecular weight is 418 g/mol. The standard InChI is InChI=1S/C20H20ClN3O3S/c21-17-8-10-18(11-9-17)28(26,27)24(19-7-3-4-12-23-20(19)25)14-16-6-2-1-5-15(16)13-22/h1-2,5-6,8-11,19H,3-4,7,12,14H2,(H,23,25)/t19-/m1/s1. The van der Waals surface area contributed by atoms with Crippen molar-refractivity contribution in [2.24, 2.45) is 0 Å². The Hall–Kier alpha value is -2.40. The Labute approximate surface area is 169 Å². The fraction of sp³-hybridized carbons (Fsp3) is 0.300. The van der Waals surface area contributed by atoms with Crippen LogP contribution in [-0.4, -0.2) is 31.2 Å².